The second-order valence-corrected chi connectivity index (χ2v) is 8.31. The number of nitrogens with zero attached hydrogens (tertiary/aromatic N) is 3. The molecule has 0 aliphatic carbocycles. The maximum Gasteiger partial charge on any atom is 0.191 e. The van der Waals surface area contributed by atoms with Crippen molar-refractivity contribution in [1.29, 1.82) is 0 Å². The molecule has 7 nitrogen and oxygen atoms in total. The van der Waals surface area contributed by atoms with Gasteiger partial charge in [0.1, 0.15) is 17.2 Å². The zero-order valence-electron chi connectivity index (χ0n) is 18.0. The third-order valence-corrected chi connectivity index (χ3v) is 5.54. The normalized spacial score (nSPS) is 20.8. The van der Waals surface area contributed by atoms with Gasteiger partial charge in [0, 0.05) is 50.4 Å². The molecule has 0 bridgehead atoms. The number of morpholine rings is 1. The fraction of sp³-hybridized carbons (Fsp3) is 0.478. The predicted octanol–water partition coefficient (Wildman–Crippen LogP) is 2.89. The Hall–Kier alpha value is -2.80. The van der Waals surface area contributed by atoms with Gasteiger partial charge in [0.2, 0.25) is 0 Å². The topological polar surface area (TPSA) is 71.0 Å². The maximum atomic E-state index is 6.15. The van der Waals surface area contributed by atoms with Gasteiger partial charge in [-0.3, -0.25) is 4.99 Å². The van der Waals surface area contributed by atoms with Crippen LogP contribution in [0.4, 0.5) is 5.82 Å². The van der Waals surface area contributed by atoms with Gasteiger partial charge in [-0.05, 0) is 26.0 Å². The zero-order chi connectivity index (χ0) is 21.0. The molecule has 1 saturated heterocycles. The first-order valence-corrected chi connectivity index (χ1v) is 10.6. The van der Waals surface area contributed by atoms with Crippen LogP contribution < -0.4 is 20.3 Å². The highest BCUT2D eigenvalue weighted by molar-refractivity contribution is 5.80. The Morgan fingerprint density at radius 2 is 2.00 bits per heavy atom. The molecule has 1 unspecified atom stereocenters. The van der Waals surface area contributed by atoms with Gasteiger partial charge < -0.3 is 25.0 Å². The standard InChI is InChI=1S/C23H31N5O2/c1-23(2)15-19(18-8-4-5-9-20(18)30-23)27-22(24-3)26-16-17-7-6-10-25-21(17)28-11-13-29-14-12-28/h4-10,19H,11-16H2,1-3H3,(H2,24,26,27). The summed E-state index contributed by atoms with van der Waals surface area (Å²) in [5.74, 6) is 2.72. The van der Waals surface area contributed by atoms with Crippen LogP contribution in [0.2, 0.25) is 0 Å². The van der Waals surface area contributed by atoms with E-state index in [9.17, 15) is 0 Å². The summed E-state index contributed by atoms with van der Waals surface area (Å²) < 4.78 is 11.6. The second-order valence-electron chi connectivity index (χ2n) is 8.31. The largest absolute Gasteiger partial charge is 0.487 e. The Kier molecular flexibility index (Phi) is 6.08. The summed E-state index contributed by atoms with van der Waals surface area (Å²) in [7, 11) is 1.80. The van der Waals surface area contributed by atoms with Crippen molar-refractivity contribution < 1.29 is 9.47 Å². The smallest absolute Gasteiger partial charge is 0.191 e. The molecular weight excluding hydrogens is 378 g/mol. The zero-order valence-corrected chi connectivity index (χ0v) is 18.0. The van der Waals surface area contributed by atoms with Crippen LogP contribution in [0.25, 0.3) is 0 Å². The average molecular weight is 410 g/mol. The average Bonchev–Trinajstić information content (AvgIpc) is 2.76. The summed E-state index contributed by atoms with van der Waals surface area (Å²) in [6.45, 7) is 8.11. The SMILES string of the molecule is CN=C(NCc1cccnc1N1CCOCC1)NC1CC(C)(C)Oc2ccccc21. The van der Waals surface area contributed by atoms with E-state index in [-0.39, 0.29) is 11.6 Å². The van der Waals surface area contributed by atoms with Gasteiger partial charge in [-0.2, -0.15) is 0 Å². The summed E-state index contributed by atoms with van der Waals surface area (Å²) in [6.07, 6.45) is 2.71. The van der Waals surface area contributed by atoms with Gasteiger partial charge in [0.25, 0.3) is 0 Å². The lowest BCUT2D eigenvalue weighted by Crippen LogP contribution is -2.45. The molecule has 30 heavy (non-hydrogen) atoms. The van der Waals surface area contributed by atoms with E-state index in [1.807, 2.05) is 24.4 Å². The number of rotatable bonds is 4. The van der Waals surface area contributed by atoms with Crippen molar-refractivity contribution in [3.63, 3.8) is 0 Å². The van der Waals surface area contributed by atoms with Crippen LogP contribution in [0.3, 0.4) is 0 Å². The number of hydrogen-bond acceptors (Lipinski definition) is 5. The van der Waals surface area contributed by atoms with Crippen molar-refractivity contribution in [3.8, 4) is 5.75 Å². The van der Waals surface area contributed by atoms with Crippen LogP contribution in [0, 0.1) is 0 Å². The highest BCUT2D eigenvalue weighted by Gasteiger charge is 2.34. The third-order valence-electron chi connectivity index (χ3n) is 5.54. The van der Waals surface area contributed by atoms with Crippen LogP contribution in [-0.2, 0) is 11.3 Å². The molecule has 0 radical (unpaired) electrons. The Labute approximate surface area is 178 Å². The summed E-state index contributed by atoms with van der Waals surface area (Å²) in [5, 5.41) is 7.06. The van der Waals surface area contributed by atoms with Gasteiger partial charge in [0.15, 0.2) is 5.96 Å². The second kappa shape index (κ2) is 8.92. The molecule has 2 aromatic rings. The number of para-hydroxylation sites is 1. The fourth-order valence-corrected chi connectivity index (χ4v) is 4.10. The molecule has 0 amide bonds. The number of fused-ring (bicyclic) bond motifs is 1. The molecule has 1 aromatic heterocycles. The molecule has 160 valence electrons. The summed E-state index contributed by atoms with van der Waals surface area (Å²) in [4.78, 5) is 11.4. The minimum atomic E-state index is -0.238. The highest BCUT2D eigenvalue weighted by atomic mass is 16.5. The number of pyridine rings is 1. The molecule has 1 fully saturated rings. The Bertz CT molecular complexity index is 893. The van der Waals surface area contributed by atoms with E-state index < -0.39 is 0 Å². The summed E-state index contributed by atoms with van der Waals surface area (Å²) >= 11 is 0. The molecule has 3 heterocycles. The van der Waals surface area contributed by atoms with Crippen LogP contribution in [0.1, 0.15) is 37.4 Å². The van der Waals surface area contributed by atoms with Gasteiger partial charge in [-0.25, -0.2) is 4.98 Å². The molecule has 4 rings (SSSR count). The van der Waals surface area contributed by atoms with Crippen molar-refractivity contribution in [2.75, 3.05) is 38.3 Å². The first-order chi connectivity index (χ1) is 14.6. The lowest BCUT2D eigenvalue weighted by Gasteiger charge is -2.38. The minimum Gasteiger partial charge on any atom is -0.487 e. The quantitative estimate of drug-likeness (QED) is 0.598. The van der Waals surface area contributed by atoms with E-state index in [2.05, 4.69) is 57.6 Å². The van der Waals surface area contributed by atoms with Crippen molar-refractivity contribution in [1.82, 2.24) is 15.6 Å². The van der Waals surface area contributed by atoms with E-state index in [1.165, 1.54) is 0 Å². The number of benzene rings is 1. The van der Waals surface area contributed by atoms with Crippen LogP contribution >= 0.6 is 0 Å². The fourth-order valence-electron chi connectivity index (χ4n) is 4.10. The molecule has 0 saturated carbocycles. The number of hydrogen-bond donors (Lipinski definition) is 2. The van der Waals surface area contributed by atoms with Crippen molar-refractivity contribution in [2.45, 2.75) is 38.5 Å². The Morgan fingerprint density at radius 3 is 2.80 bits per heavy atom. The molecule has 1 aromatic carbocycles. The predicted molar refractivity (Wildman–Crippen MR) is 119 cm³/mol. The molecule has 0 spiro atoms. The first-order valence-electron chi connectivity index (χ1n) is 10.6. The number of anilines is 1. The number of nitrogens with one attached hydrogen (secondary N) is 2. The van der Waals surface area contributed by atoms with E-state index in [1.54, 1.807) is 7.05 Å². The number of ether oxygens (including phenoxy) is 2. The van der Waals surface area contributed by atoms with E-state index in [0.717, 1.165) is 61.4 Å². The molecular formula is C23H31N5O2. The lowest BCUT2D eigenvalue weighted by atomic mass is 9.90. The molecule has 2 aliphatic heterocycles. The van der Waals surface area contributed by atoms with Gasteiger partial charge in [-0.15, -0.1) is 0 Å². The maximum absolute atomic E-state index is 6.15. The van der Waals surface area contributed by atoms with Crippen molar-refractivity contribution >= 4 is 11.8 Å². The third kappa shape index (κ3) is 4.67. The highest BCUT2D eigenvalue weighted by Crippen LogP contribution is 2.39. The molecule has 1 atom stereocenters. The van der Waals surface area contributed by atoms with Gasteiger partial charge in [-0.1, -0.05) is 24.3 Å². The number of guanidine groups is 1. The molecule has 2 N–H and O–H groups in total. The number of aromatic nitrogens is 1. The van der Waals surface area contributed by atoms with Gasteiger partial charge >= 0.3 is 0 Å². The lowest BCUT2D eigenvalue weighted by molar-refractivity contribution is 0.0694. The van der Waals surface area contributed by atoms with E-state index in [4.69, 9.17) is 9.47 Å². The Balaban J connectivity index is 1.46. The van der Waals surface area contributed by atoms with Crippen molar-refractivity contribution in [2.24, 2.45) is 4.99 Å². The van der Waals surface area contributed by atoms with Crippen LogP contribution in [-0.4, -0.2) is 49.9 Å². The van der Waals surface area contributed by atoms with Crippen molar-refractivity contribution in [3.05, 3.63) is 53.7 Å². The minimum absolute atomic E-state index is 0.128. The van der Waals surface area contributed by atoms with Gasteiger partial charge in [0.05, 0.1) is 19.3 Å². The number of aliphatic imine (C=N–C) groups is 1. The summed E-state index contributed by atoms with van der Waals surface area (Å²) in [5.41, 5.74) is 2.07. The Morgan fingerprint density at radius 1 is 1.20 bits per heavy atom. The first kappa shape index (κ1) is 20.5. The van der Waals surface area contributed by atoms with Crippen LogP contribution in [0.5, 0.6) is 5.75 Å². The monoisotopic (exact) mass is 409 g/mol. The van der Waals surface area contributed by atoms with Crippen LogP contribution in [0.15, 0.2) is 47.6 Å². The van der Waals surface area contributed by atoms with E-state index >= 15 is 0 Å². The molecule has 7 heteroatoms. The van der Waals surface area contributed by atoms with E-state index in [0.29, 0.717) is 6.54 Å². The molecule has 2 aliphatic rings. The summed E-state index contributed by atoms with van der Waals surface area (Å²) in [6, 6.07) is 12.4.